The maximum atomic E-state index is 14.0. The van der Waals surface area contributed by atoms with Crippen LogP contribution in [0.1, 0.15) is 12.5 Å². The number of benzene rings is 3. The van der Waals surface area contributed by atoms with Gasteiger partial charge in [-0.2, -0.15) is 13.2 Å². The first-order chi connectivity index (χ1) is 19.7. The molecule has 1 amide bonds. The van der Waals surface area contributed by atoms with E-state index >= 15 is 0 Å². The van der Waals surface area contributed by atoms with Gasteiger partial charge in [0.25, 0.3) is 10.0 Å². The summed E-state index contributed by atoms with van der Waals surface area (Å²) in [5, 5.41) is 0.452. The highest BCUT2D eigenvalue weighted by Gasteiger charge is 2.41. The normalized spacial score (nSPS) is 19.5. The molecule has 3 aromatic rings. The van der Waals surface area contributed by atoms with Crippen LogP contribution in [0.15, 0.2) is 71.6 Å². The lowest BCUT2D eigenvalue weighted by Gasteiger charge is -2.39. The van der Waals surface area contributed by atoms with E-state index in [0.717, 1.165) is 22.5 Å². The molecule has 2 atom stereocenters. The number of nitrogens with zero attached hydrogens (tertiary/aromatic N) is 2. The Morgan fingerprint density at radius 3 is 2.33 bits per heavy atom. The highest BCUT2D eigenvalue weighted by molar-refractivity contribution is 7.93. The lowest BCUT2D eigenvalue weighted by molar-refractivity contribution is -0.138. The van der Waals surface area contributed by atoms with E-state index in [2.05, 4.69) is 0 Å². The third-order valence-corrected chi connectivity index (χ3v) is 11.0. The summed E-state index contributed by atoms with van der Waals surface area (Å²) in [6, 6.07) is 15.1. The number of carbonyl (C=O) groups excluding carboxylic acids is 1. The zero-order valence-corrected chi connectivity index (χ0v) is 24.6. The smallest absolute Gasteiger partial charge is 0.416 e. The zero-order valence-electron chi connectivity index (χ0n) is 22.2. The van der Waals surface area contributed by atoms with Crippen molar-refractivity contribution in [3.8, 4) is 16.9 Å². The van der Waals surface area contributed by atoms with E-state index in [1.54, 1.807) is 43.3 Å². The molecule has 42 heavy (non-hydrogen) atoms. The van der Waals surface area contributed by atoms with E-state index in [1.165, 1.54) is 11.0 Å². The fourth-order valence-electron chi connectivity index (χ4n) is 4.95. The van der Waals surface area contributed by atoms with Crippen LogP contribution in [0, 0.1) is 5.92 Å². The number of anilines is 1. The Bertz CT molecular complexity index is 1730. The van der Waals surface area contributed by atoms with Gasteiger partial charge in [0, 0.05) is 18.1 Å². The maximum Gasteiger partial charge on any atom is 0.416 e. The van der Waals surface area contributed by atoms with Crippen molar-refractivity contribution < 1.29 is 39.5 Å². The van der Waals surface area contributed by atoms with Gasteiger partial charge in [0.05, 0.1) is 40.1 Å². The third kappa shape index (κ3) is 6.09. The second-order valence-electron chi connectivity index (χ2n) is 10.2. The SMILES string of the molecule is C[C@H](C(=O)N1CCS(=O)(=O)CC1)C1CN(S(=O)(=O)c2cccc(C(F)(F)F)c2)c2cc(-c3cccc(Cl)c3)ccc2O1. The number of hydrogen-bond acceptors (Lipinski definition) is 6. The number of hydrogen-bond donors (Lipinski definition) is 0. The van der Waals surface area contributed by atoms with Gasteiger partial charge in [-0.05, 0) is 60.5 Å². The Morgan fingerprint density at radius 2 is 1.67 bits per heavy atom. The highest BCUT2D eigenvalue weighted by atomic mass is 35.5. The summed E-state index contributed by atoms with van der Waals surface area (Å²) in [5.41, 5.74) is 0.225. The van der Waals surface area contributed by atoms with E-state index in [-0.39, 0.29) is 42.6 Å². The molecule has 14 heteroatoms. The second-order valence-corrected chi connectivity index (χ2v) is 14.8. The Balaban J connectivity index is 1.55. The molecule has 0 aromatic heterocycles. The van der Waals surface area contributed by atoms with E-state index < -0.39 is 54.4 Å². The number of ether oxygens (including phenoxy) is 1. The number of amides is 1. The molecule has 2 aliphatic heterocycles. The average molecular weight is 643 g/mol. The van der Waals surface area contributed by atoms with Gasteiger partial charge < -0.3 is 9.64 Å². The van der Waals surface area contributed by atoms with Crippen molar-refractivity contribution in [3.05, 3.63) is 77.3 Å². The zero-order chi connectivity index (χ0) is 30.4. The number of fused-ring (bicyclic) bond motifs is 1. The number of sulfone groups is 1. The standard InChI is InChI=1S/C28H26ClF3N2O6S2/c1-18(27(35)33-10-12-41(36,37)13-11-33)26-17-34(42(38,39)23-7-3-5-21(16-23)28(30,31)32)24-15-20(8-9-25(24)40-26)19-4-2-6-22(29)14-19/h2-9,14-16,18,26H,10-13,17H2,1H3/t18-,26?/m0/s1. The van der Waals surface area contributed by atoms with Gasteiger partial charge in [-0.25, -0.2) is 16.8 Å². The lowest BCUT2D eigenvalue weighted by Crippen LogP contribution is -2.52. The molecule has 1 fully saturated rings. The molecule has 1 saturated heterocycles. The first-order valence-corrected chi connectivity index (χ1v) is 16.6. The monoisotopic (exact) mass is 642 g/mol. The van der Waals surface area contributed by atoms with Gasteiger partial charge in [-0.1, -0.05) is 35.9 Å². The molecule has 1 unspecified atom stereocenters. The van der Waals surface area contributed by atoms with Crippen LogP contribution in [0.4, 0.5) is 18.9 Å². The maximum absolute atomic E-state index is 14.0. The van der Waals surface area contributed by atoms with Gasteiger partial charge in [-0.3, -0.25) is 9.10 Å². The van der Waals surface area contributed by atoms with Crippen LogP contribution in [0.5, 0.6) is 5.75 Å². The predicted molar refractivity (Wildman–Crippen MR) is 152 cm³/mol. The first-order valence-electron chi connectivity index (χ1n) is 12.9. The molecule has 0 saturated carbocycles. The topological polar surface area (TPSA) is 101 Å². The molecule has 2 aliphatic rings. The molecule has 224 valence electrons. The van der Waals surface area contributed by atoms with Gasteiger partial charge in [0.2, 0.25) is 5.91 Å². The van der Waals surface area contributed by atoms with Crippen molar-refractivity contribution in [1.29, 1.82) is 0 Å². The van der Waals surface area contributed by atoms with Crippen molar-refractivity contribution in [2.75, 3.05) is 35.4 Å². The van der Waals surface area contributed by atoms with Crippen molar-refractivity contribution in [3.63, 3.8) is 0 Å². The molecule has 2 heterocycles. The molecule has 0 N–H and O–H groups in total. The number of carbonyl (C=O) groups is 1. The summed E-state index contributed by atoms with van der Waals surface area (Å²) in [6.45, 7) is 1.19. The van der Waals surface area contributed by atoms with Crippen LogP contribution >= 0.6 is 11.6 Å². The Morgan fingerprint density at radius 1 is 1.00 bits per heavy atom. The minimum absolute atomic E-state index is 0.00402. The molecular formula is C28H26ClF3N2O6S2. The molecule has 0 bridgehead atoms. The molecule has 0 aliphatic carbocycles. The van der Waals surface area contributed by atoms with Gasteiger partial charge in [0.1, 0.15) is 11.9 Å². The summed E-state index contributed by atoms with van der Waals surface area (Å²) in [7, 11) is -7.82. The van der Waals surface area contributed by atoms with Crippen LogP contribution < -0.4 is 9.04 Å². The van der Waals surface area contributed by atoms with E-state index in [1.807, 2.05) is 0 Å². The lowest BCUT2D eigenvalue weighted by atomic mass is 9.99. The summed E-state index contributed by atoms with van der Waals surface area (Å²) < 4.78 is 99.1. The largest absolute Gasteiger partial charge is 0.486 e. The van der Waals surface area contributed by atoms with Crippen molar-refractivity contribution >= 4 is 43.1 Å². The molecule has 5 rings (SSSR count). The predicted octanol–water partition coefficient (Wildman–Crippen LogP) is 4.88. The van der Waals surface area contributed by atoms with Crippen molar-refractivity contribution in [2.24, 2.45) is 5.92 Å². The summed E-state index contributed by atoms with van der Waals surface area (Å²) in [6.07, 6.45) is -5.78. The van der Waals surface area contributed by atoms with Crippen LogP contribution in [0.3, 0.4) is 0 Å². The molecular weight excluding hydrogens is 617 g/mol. The fourth-order valence-corrected chi connectivity index (χ4v) is 7.87. The number of rotatable bonds is 5. The molecule has 3 aromatic carbocycles. The highest BCUT2D eigenvalue weighted by Crippen LogP contribution is 2.42. The van der Waals surface area contributed by atoms with Crippen molar-refractivity contribution in [1.82, 2.24) is 4.90 Å². The second kappa shape index (κ2) is 11.1. The first kappa shape index (κ1) is 30.2. The quantitative estimate of drug-likeness (QED) is 0.394. The van der Waals surface area contributed by atoms with E-state index in [0.29, 0.717) is 22.2 Å². The Labute approximate surface area is 246 Å². The number of halogens is 4. The van der Waals surface area contributed by atoms with Crippen LogP contribution in [-0.4, -0.2) is 64.9 Å². The van der Waals surface area contributed by atoms with Crippen LogP contribution in [0.2, 0.25) is 5.02 Å². The Kier molecular flexibility index (Phi) is 7.96. The van der Waals surface area contributed by atoms with Gasteiger partial charge in [0.15, 0.2) is 9.84 Å². The minimum Gasteiger partial charge on any atom is -0.486 e. The summed E-state index contributed by atoms with van der Waals surface area (Å²) >= 11 is 6.14. The Hall–Kier alpha value is -3.29. The van der Waals surface area contributed by atoms with E-state index in [9.17, 15) is 34.8 Å². The van der Waals surface area contributed by atoms with Gasteiger partial charge in [-0.15, -0.1) is 0 Å². The molecule has 8 nitrogen and oxygen atoms in total. The number of sulfonamides is 1. The third-order valence-electron chi connectivity index (χ3n) is 7.36. The fraction of sp³-hybridized carbons (Fsp3) is 0.321. The molecule has 0 spiro atoms. The summed E-state index contributed by atoms with van der Waals surface area (Å²) in [5.74, 6) is -1.55. The van der Waals surface area contributed by atoms with Crippen LogP contribution in [0.25, 0.3) is 11.1 Å². The molecule has 0 radical (unpaired) electrons. The van der Waals surface area contributed by atoms with Gasteiger partial charge >= 0.3 is 6.18 Å². The van der Waals surface area contributed by atoms with Crippen molar-refractivity contribution in [2.45, 2.75) is 24.1 Å². The summed E-state index contributed by atoms with van der Waals surface area (Å²) in [4.78, 5) is 14.1. The minimum atomic E-state index is -4.76. The number of alkyl halides is 3. The van der Waals surface area contributed by atoms with E-state index in [4.69, 9.17) is 16.3 Å². The van der Waals surface area contributed by atoms with Crippen LogP contribution in [-0.2, 0) is 30.8 Å². The average Bonchev–Trinajstić information content (AvgIpc) is 2.95.